The van der Waals surface area contributed by atoms with Crippen LogP contribution in [0.25, 0.3) is 4.96 Å². The van der Waals surface area contributed by atoms with Crippen molar-refractivity contribution in [3.8, 4) is 0 Å². The van der Waals surface area contributed by atoms with Crippen molar-refractivity contribution in [2.75, 3.05) is 11.9 Å². The smallest absolute Gasteiger partial charge is 0.195 e. The summed E-state index contributed by atoms with van der Waals surface area (Å²) < 4.78 is 2.15. The molecule has 94 valence electrons. The molecule has 6 heteroatoms. The van der Waals surface area contributed by atoms with Crippen molar-refractivity contribution >= 4 is 49.4 Å². The molecule has 3 heterocycles. The SMILES string of the molecule is CN(Cc1ccsc1)c1nc2sccn2c1CBr. The molecule has 0 radical (unpaired) electrons. The maximum Gasteiger partial charge on any atom is 0.195 e. The van der Waals surface area contributed by atoms with Gasteiger partial charge in [0.05, 0.1) is 5.69 Å². The van der Waals surface area contributed by atoms with Crippen LogP contribution < -0.4 is 4.90 Å². The summed E-state index contributed by atoms with van der Waals surface area (Å²) in [6, 6.07) is 2.16. The fourth-order valence-corrected chi connectivity index (χ4v) is 3.89. The van der Waals surface area contributed by atoms with E-state index in [0.29, 0.717) is 0 Å². The number of thiophene rings is 1. The van der Waals surface area contributed by atoms with E-state index >= 15 is 0 Å². The molecule has 0 saturated heterocycles. The highest BCUT2D eigenvalue weighted by Gasteiger charge is 2.15. The summed E-state index contributed by atoms with van der Waals surface area (Å²) in [5, 5.41) is 7.18. The van der Waals surface area contributed by atoms with Gasteiger partial charge in [0.25, 0.3) is 0 Å². The van der Waals surface area contributed by atoms with Crippen LogP contribution >= 0.6 is 38.6 Å². The van der Waals surface area contributed by atoms with E-state index in [0.717, 1.165) is 22.7 Å². The second kappa shape index (κ2) is 5.03. The van der Waals surface area contributed by atoms with Gasteiger partial charge in [-0.1, -0.05) is 15.9 Å². The van der Waals surface area contributed by atoms with Gasteiger partial charge in [-0.3, -0.25) is 4.40 Å². The van der Waals surface area contributed by atoms with Crippen molar-refractivity contribution in [2.45, 2.75) is 11.9 Å². The fourth-order valence-electron chi connectivity index (χ4n) is 1.98. The zero-order valence-corrected chi connectivity index (χ0v) is 13.1. The Bertz CT molecular complexity index is 641. The highest BCUT2D eigenvalue weighted by Crippen LogP contribution is 2.27. The Morgan fingerprint density at radius 1 is 1.44 bits per heavy atom. The Hall–Kier alpha value is -0.850. The fraction of sp³-hybridized carbons (Fsp3) is 0.250. The Labute approximate surface area is 122 Å². The van der Waals surface area contributed by atoms with Gasteiger partial charge in [-0.05, 0) is 22.4 Å². The van der Waals surface area contributed by atoms with E-state index in [1.54, 1.807) is 22.7 Å². The molecule has 0 amide bonds. The summed E-state index contributed by atoms with van der Waals surface area (Å²) in [4.78, 5) is 7.96. The number of halogens is 1. The number of fused-ring (bicyclic) bond motifs is 1. The van der Waals surface area contributed by atoms with Gasteiger partial charge in [-0.2, -0.15) is 11.3 Å². The third-order valence-electron chi connectivity index (χ3n) is 2.83. The summed E-state index contributed by atoms with van der Waals surface area (Å²) in [5.41, 5.74) is 2.54. The monoisotopic (exact) mass is 341 g/mol. The van der Waals surface area contributed by atoms with Gasteiger partial charge >= 0.3 is 0 Å². The van der Waals surface area contributed by atoms with Gasteiger partial charge in [0, 0.05) is 30.5 Å². The molecular weight excluding hydrogens is 330 g/mol. The molecule has 0 spiro atoms. The number of anilines is 1. The lowest BCUT2D eigenvalue weighted by molar-refractivity contribution is 0.899. The van der Waals surface area contributed by atoms with E-state index in [-0.39, 0.29) is 0 Å². The summed E-state index contributed by atoms with van der Waals surface area (Å²) in [6.45, 7) is 0.897. The van der Waals surface area contributed by atoms with Crippen LogP contribution in [0.2, 0.25) is 0 Å². The van der Waals surface area contributed by atoms with Crippen molar-refractivity contribution < 1.29 is 0 Å². The van der Waals surface area contributed by atoms with Crippen molar-refractivity contribution in [1.82, 2.24) is 9.38 Å². The number of hydrogen-bond donors (Lipinski definition) is 0. The molecule has 0 bridgehead atoms. The quantitative estimate of drug-likeness (QED) is 0.669. The molecule has 0 fully saturated rings. The lowest BCUT2D eigenvalue weighted by Gasteiger charge is -2.17. The van der Waals surface area contributed by atoms with Crippen LogP contribution in [-0.2, 0) is 11.9 Å². The molecule has 0 atom stereocenters. The topological polar surface area (TPSA) is 20.5 Å². The number of rotatable bonds is 4. The van der Waals surface area contributed by atoms with Crippen LogP contribution in [0.5, 0.6) is 0 Å². The zero-order chi connectivity index (χ0) is 12.5. The van der Waals surface area contributed by atoms with Gasteiger partial charge < -0.3 is 4.90 Å². The lowest BCUT2D eigenvalue weighted by Crippen LogP contribution is -2.17. The largest absolute Gasteiger partial charge is 0.354 e. The number of alkyl halides is 1. The third-order valence-corrected chi connectivity index (χ3v) is 4.85. The standard InChI is InChI=1S/C12H12BrN3S2/c1-15(7-9-2-4-17-8-9)11-10(6-13)16-3-5-18-12(16)14-11/h2-5,8H,6-7H2,1H3. The van der Waals surface area contributed by atoms with E-state index < -0.39 is 0 Å². The molecule has 3 aromatic rings. The molecule has 0 unspecified atom stereocenters. The van der Waals surface area contributed by atoms with E-state index in [1.807, 2.05) is 0 Å². The highest BCUT2D eigenvalue weighted by molar-refractivity contribution is 9.08. The van der Waals surface area contributed by atoms with Crippen LogP contribution in [0, 0.1) is 0 Å². The molecule has 0 aliphatic carbocycles. The number of aromatic nitrogens is 2. The molecule has 0 aromatic carbocycles. The Balaban J connectivity index is 1.95. The summed E-state index contributed by atoms with van der Waals surface area (Å²) in [6.07, 6.45) is 2.07. The predicted molar refractivity (Wildman–Crippen MR) is 82.1 cm³/mol. The van der Waals surface area contributed by atoms with Crippen molar-refractivity contribution in [3.05, 3.63) is 39.7 Å². The zero-order valence-electron chi connectivity index (χ0n) is 9.84. The molecule has 0 N–H and O–H groups in total. The first-order valence-corrected chi connectivity index (χ1v) is 8.46. The molecule has 3 nitrogen and oxygen atoms in total. The maximum absolute atomic E-state index is 4.70. The molecule has 18 heavy (non-hydrogen) atoms. The molecule has 3 aromatic heterocycles. The van der Waals surface area contributed by atoms with Gasteiger partial charge in [0.2, 0.25) is 0 Å². The van der Waals surface area contributed by atoms with Crippen LogP contribution in [0.15, 0.2) is 28.4 Å². The van der Waals surface area contributed by atoms with E-state index in [2.05, 4.69) is 60.7 Å². The van der Waals surface area contributed by atoms with Gasteiger partial charge in [-0.25, -0.2) is 4.98 Å². The van der Waals surface area contributed by atoms with Gasteiger partial charge in [0.15, 0.2) is 10.8 Å². The number of nitrogens with zero attached hydrogens (tertiary/aromatic N) is 3. The van der Waals surface area contributed by atoms with Gasteiger partial charge in [0.1, 0.15) is 0 Å². The first kappa shape index (κ1) is 12.2. The minimum atomic E-state index is 0.814. The van der Waals surface area contributed by atoms with Crippen LogP contribution in [0.4, 0.5) is 5.82 Å². The maximum atomic E-state index is 4.70. The molecule has 0 saturated carbocycles. The number of imidazole rings is 1. The normalized spacial score (nSPS) is 11.2. The van der Waals surface area contributed by atoms with Crippen LogP contribution in [0.3, 0.4) is 0 Å². The van der Waals surface area contributed by atoms with E-state index in [9.17, 15) is 0 Å². The molecular formula is C12H12BrN3S2. The molecule has 0 aliphatic rings. The lowest BCUT2D eigenvalue weighted by atomic mass is 10.3. The summed E-state index contributed by atoms with van der Waals surface area (Å²) in [7, 11) is 2.09. The number of thiazole rings is 1. The minimum Gasteiger partial charge on any atom is -0.354 e. The average molecular weight is 342 g/mol. The second-order valence-corrected chi connectivity index (χ2v) is 6.27. The van der Waals surface area contributed by atoms with Crippen molar-refractivity contribution in [1.29, 1.82) is 0 Å². The molecule has 0 aliphatic heterocycles. The predicted octanol–water partition coefficient (Wildman–Crippen LogP) is 3.99. The first-order valence-electron chi connectivity index (χ1n) is 5.52. The van der Waals surface area contributed by atoms with E-state index in [4.69, 9.17) is 4.98 Å². The van der Waals surface area contributed by atoms with Crippen molar-refractivity contribution in [3.63, 3.8) is 0 Å². The van der Waals surface area contributed by atoms with Gasteiger partial charge in [-0.15, -0.1) is 11.3 Å². The Morgan fingerprint density at radius 2 is 2.33 bits per heavy atom. The second-order valence-electron chi connectivity index (χ2n) is 4.06. The van der Waals surface area contributed by atoms with Crippen LogP contribution in [-0.4, -0.2) is 16.4 Å². The highest BCUT2D eigenvalue weighted by atomic mass is 79.9. The van der Waals surface area contributed by atoms with Crippen LogP contribution in [0.1, 0.15) is 11.3 Å². The minimum absolute atomic E-state index is 0.814. The molecule has 3 rings (SSSR count). The first-order chi connectivity index (χ1) is 8.79. The number of hydrogen-bond acceptors (Lipinski definition) is 4. The Morgan fingerprint density at radius 3 is 3.06 bits per heavy atom. The van der Waals surface area contributed by atoms with E-state index in [1.165, 1.54) is 11.3 Å². The summed E-state index contributed by atoms with van der Waals surface area (Å²) in [5.74, 6) is 1.06. The Kier molecular flexibility index (Phi) is 3.41. The van der Waals surface area contributed by atoms with Crippen molar-refractivity contribution in [2.24, 2.45) is 0 Å². The summed E-state index contributed by atoms with van der Waals surface area (Å²) >= 11 is 6.96. The average Bonchev–Trinajstić information content (AvgIpc) is 3.03. The third kappa shape index (κ3) is 2.08.